The fourth-order valence-corrected chi connectivity index (χ4v) is 2.24. The second-order valence-electron chi connectivity index (χ2n) is 4.39. The summed E-state index contributed by atoms with van der Waals surface area (Å²) in [4.78, 5) is 17.9. The number of hydrogen-bond acceptors (Lipinski definition) is 8. The van der Waals surface area contributed by atoms with E-state index in [-0.39, 0.29) is 5.82 Å². The SMILES string of the molecule is CO[C@H]1[C@@H](O)[C@H](n2ccc(N)nc2=O)O[C@@]1(CO)N=[N+]=[N-]. The summed E-state index contributed by atoms with van der Waals surface area (Å²) in [7, 11) is 1.25. The lowest BCUT2D eigenvalue weighted by molar-refractivity contribution is -0.130. The average Bonchev–Trinajstić information content (AvgIpc) is 2.72. The molecule has 11 heteroatoms. The zero-order chi connectivity index (χ0) is 15.6. The van der Waals surface area contributed by atoms with Crippen molar-refractivity contribution in [2.75, 3.05) is 19.5 Å². The minimum absolute atomic E-state index is 0.00972. The number of methoxy groups -OCH3 is 1. The minimum atomic E-state index is -1.84. The number of aromatic nitrogens is 2. The fourth-order valence-electron chi connectivity index (χ4n) is 2.24. The van der Waals surface area contributed by atoms with E-state index in [9.17, 15) is 15.0 Å². The first kappa shape index (κ1) is 15.2. The van der Waals surface area contributed by atoms with E-state index in [1.807, 2.05) is 0 Å². The van der Waals surface area contributed by atoms with Crippen molar-refractivity contribution >= 4 is 5.82 Å². The summed E-state index contributed by atoms with van der Waals surface area (Å²) in [5, 5.41) is 23.0. The van der Waals surface area contributed by atoms with Crippen molar-refractivity contribution in [1.29, 1.82) is 0 Å². The number of nitrogen functional groups attached to an aromatic ring is 1. The molecule has 0 bridgehead atoms. The maximum Gasteiger partial charge on any atom is 0.351 e. The third-order valence-electron chi connectivity index (χ3n) is 3.19. The number of nitrogens with zero attached hydrogens (tertiary/aromatic N) is 5. The second kappa shape index (κ2) is 5.68. The molecule has 1 aliphatic rings. The molecular weight excluding hydrogens is 284 g/mol. The molecule has 11 nitrogen and oxygen atoms in total. The Bertz CT molecular complexity index is 629. The number of hydrogen-bond donors (Lipinski definition) is 3. The average molecular weight is 298 g/mol. The van der Waals surface area contributed by atoms with Crippen LogP contribution in [0, 0.1) is 0 Å². The van der Waals surface area contributed by atoms with E-state index in [1.165, 1.54) is 19.4 Å². The third-order valence-corrected chi connectivity index (χ3v) is 3.19. The highest BCUT2D eigenvalue weighted by atomic mass is 16.6. The van der Waals surface area contributed by atoms with Gasteiger partial charge in [0.2, 0.25) is 5.72 Å². The summed E-state index contributed by atoms with van der Waals surface area (Å²) in [6.45, 7) is -0.736. The van der Waals surface area contributed by atoms with Crippen molar-refractivity contribution in [2.24, 2.45) is 5.11 Å². The van der Waals surface area contributed by atoms with Crippen LogP contribution in [0.1, 0.15) is 6.23 Å². The molecule has 0 unspecified atom stereocenters. The maximum absolute atomic E-state index is 11.8. The second-order valence-corrected chi connectivity index (χ2v) is 4.39. The summed E-state index contributed by atoms with van der Waals surface area (Å²) in [6, 6.07) is 1.34. The Balaban J connectivity index is 2.47. The van der Waals surface area contributed by atoms with Crippen LogP contribution < -0.4 is 11.4 Å². The van der Waals surface area contributed by atoms with Crippen molar-refractivity contribution in [3.05, 3.63) is 33.2 Å². The van der Waals surface area contributed by atoms with Crippen LogP contribution >= 0.6 is 0 Å². The molecule has 0 radical (unpaired) electrons. The standard InChI is InChI=1S/C10H14N6O5/c1-20-7-6(18)8(21-10(7,4-17)14-15-12)16-3-2-5(11)13-9(16)19/h2-3,6-8,17-18H,4H2,1H3,(H2,11,13,19)/t6-,7+,8-,10-/m1/s1. The molecule has 0 aliphatic carbocycles. The number of aliphatic hydroxyl groups excluding tert-OH is 2. The molecule has 21 heavy (non-hydrogen) atoms. The lowest BCUT2D eigenvalue weighted by Gasteiger charge is -2.26. The Morgan fingerprint density at radius 2 is 2.48 bits per heavy atom. The molecule has 0 aromatic carbocycles. The smallest absolute Gasteiger partial charge is 0.351 e. The maximum atomic E-state index is 11.8. The largest absolute Gasteiger partial charge is 0.393 e. The number of anilines is 1. The molecule has 1 aromatic heterocycles. The molecule has 0 spiro atoms. The highest BCUT2D eigenvalue weighted by Crippen LogP contribution is 2.39. The van der Waals surface area contributed by atoms with Crippen molar-refractivity contribution in [3.8, 4) is 0 Å². The molecule has 114 valence electrons. The molecule has 1 aromatic rings. The van der Waals surface area contributed by atoms with Crippen molar-refractivity contribution in [3.63, 3.8) is 0 Å². The summed E-state index contributed by atoms with van der Waals surface area (Å²) in [5.74, 6) is 0.00972. The van der Waals surface area contributed by atoms with Gasteiger partial charge in [0.15, 0.2) is 6.23 Å². The van der Waals surface area contributed by atoms with Gasteiger partial charge < -0.3 is 25.4 Å². The number of rotatable bonds is 4. The van der Waals surface area contributed by atoms with Gasteiger partial charge in [-0.25, -0.2) is 4.79 Å². The first-order valence-electron chi connectivity index (χ1n) is 5.89. The lowest BCUT2D eigenvalue weighted by atomic mass is 10.1. The molecule has 1 aliphatic heterocycles. The normalized spacial score (nSPS) is 31.9. The van der Waals surface area contributed by atoms with E-state index in [0.717, 1.165) is 4.57 Å². The molecule has 0 amide bonds. The van der Waals surface area contributed by atoms with Crippen LogP contribution in [0.2, 0.25) is 0 Å². The van der Waals surface area contributed by atoms with Gasteiger partial charge in [-0.15, -0.1) is 0 Å². The van der Waals surface area contributed by atoms with Gasteiger partial charge in [0.1, 0.15) is 18.0 Å². The van der Waals surface area contributed by atoms with Gasteiger partial charge in [-0.3, -0.25) is 4.57 Å². The van der Waals surface area contributed by atoms with Crippen LogP contribution in [-0.2, 0) is 9.47 Å². The first-order chi connectivity index (χ1) is 9.99. The summed E-state index contributed by atoms with van der Waals surface area (Å²) < 4.78 is 11.4. The van der Waals surface area contributed by atoms with Gasteiger partial charge in [-0.1, -0.05) is 5.11 Å². The molecular formula is C10H14N6O5. The van der Waals surface area contributed by atoms with Gasteiger partial charge in [0, 0.05) is 18.2 Å². The summed E-state index contributed by atoms with van der Waals surface area (Å²) in [6.07, 6.45) is -2.49. The number of nitrogens with two attached hydrogens (primary N) is 1. The first-order valence-corrected chi connectivity index (χ1v) is 5.89. The van der Waals surface area contributed by atoms with Crippen LogP contribution in [0.3, 0.4) is 0 Å². The van der Waals surface area contributed by atoms with Crippen LogP contribution in [0.5, 0.6) is 0 Å². The minimum Gasteiger partial charge on any atom is -0.393 e. The van der Waals surface area contributed by atoms with Crippen molar-refractivity contribution < 1.29 is 19.7 Å². The molecule has 2 rings (SSSR count). The highest BCUT2D eigenvalue weighted by Gasteiger charge is 2.56. The summed E-state index contributed by atoms with van der Waals surface area (Å²) >= 11 is 0. The van der Waals surface area contributed by atoms with E-state index >= 15 is 0 Å². The molecule has 1 fully saturated rings. The molecule has 0 saturated carbocycles. The van der Waals surface area contributed by atoms with Gasteiger partial charge >= 0.3 is 5.69 Å². The van der Waals surface area contributed by atoms with Gasteiger partial charge in [-0.2, -0.15) is 4.98 Å². The van der Waals surface area contributed by atoms with E-state index in [4.69, 9.17) is 20.7 Å². The zero-order valence-electron chi connectivity index (χ0n) is 11.0. The third kappa shape index (κ3) is 2.44. The van der Waals surface area contributed by atoms with Crippen LogP contribution in [0.15, 0.2) is 22.2 Å². The molecule has 4 atom stereocenters. The van der Waals surface area contributed by atoms with E-state index < -0.39 is 36.5 Å². The Hall–Kier alpha value is -2.17. The van der Waals surface area contributed by atoms with Gasteiger partial charge in [0.25, 0.3) is 0 Å². The Morgan fingerprint density at radius 1 is 1.76 bits per heavy atom. The van der Waals surface area contributed by atoms with Gasteiger partial charge in [-0.05, 0) is 11.6 Å². The van der Waals surface area contributed by atoms with E-state index in [2.05, 4.69) is 15.0 Å². The highest BCUT2D eigenvalue weighted by molar-refractivity contribution is 5.23. The van der Waals surface area contributed by atoms with Crippen molar-refractivity contribution in [1.82, 2.24) is 9.55 Å². The van der Waals surface area contributed by atoms with Gasteiger partial charge in [0.05, 0.1) is 6.61 Å². The Morgan fingerprint density at radius 3 is 3.00 bits per heavy atom. The quantitative estimate of drug-likeness (QED) is 0.353. The van der Waals surface area contributed by atoms with Crippen LogP contribution in [-0.4, -0.2) is 51.4 Å². The zero-order valence-corrected chi connectivity index (χ0v) is 11.0. The predicted molar refractivity (Wildman–Crippen MR) is 68.8 cm³/mol. The summed E-state index contributed by atoms with van der Waals surface area (Å²) in [5.41, 5.74) is 11.4. The molecule has 2 heterocycles. The van der Waals surface area contributed by atoms with E-state index in [0.29, 0.717) is 0 Å². The van der Waals surface area contributed by atoms with E-state index in [1.54, 1.807) is 0 Å². The topological polar surface area (TPSA) is 169 Å². The van der Waals surface area contributed by atoms with Crippen LogP contribution in [0.4, 0.5) is 5.82 Å². The Labute approximate surface area is 118 Å². The fraction of sp³-hybridized carbons (Fsp3) is 0.600. The lowest BCUT2D eigenvalue weighted by Crippen LogP contribution is -2.45. The predicted octanol–water partition coefficient (Wildman–Crippen LogP) is -1.27. The number of ether oxygens (including phenoxy) is 2. The molecule has 1 saturated heterocycles. The Kier molecular flexibility index (Phi) is 4.11. The number of aliphatic hydroxyl groups is 2. The number of azide groups is 1. The van der Waals surface area contributed by atoms with Crippen LogP contribution in [0.25, 0.3) is 10.4 Å². The van der Waals surface area contributed by atoms with Crippen molar-refractivity contribution in [2.45, 2.75) is 24.2 Å². The molecule has 4 N–H and O–H groups in total. The monoisotopic (exact) mass is 298 g/mol.